The zero-order chi connectivity index (χ0) is 10.6. The first kappa shape index (κ1) is 11.1. The number of rotatable bonds is 4. The molecule has 14 heavy (non-hydrogen) atoms. The summed E-state index contributed by atoms with van der Waals surface area (Å²) in [6, 6.07) is 7.69. The summed E-state index contributed by atoms with van der Waals surface area (Å²) in [5.74, 6) is -2.84. The molecule has 0 aromatic heterocycles. The van der Waals surface area contributed by atoms with E-state index in [0.717, 1.165) is 0 Å². The van der Waals surface area contributed by atoms with E-state index in [4.69, 9.17) is 5.11 Å². The third kappa shape index (κ3) is 3.07. The number of hydrogen-bond donors (Lipinski definition) is 1. The van der Waals surface area contributed by atoms with Crippen molar-refractivity contribution in [3.05, 3.63) is 35.9 Å². The van der Waals surface area contributed by atoms with Crippen molar-refractivity contribution in [2.24, 2.45) is 0 Å². The standard InChI is InChI=1S/C11H14F2O/c1-9(14)7-8-11(12,13)10-5-3-2-4-6-10/h2-6,9,14H,7-8H2,1H3/t9-/m1/s1. The second-order valence-electron chi connectivity index (χ2n) is 3.46. The van der Waals surface area contributed by atoms with Crippen LogP contribution in [0.4, 0.5) is 8.78 Å². The molecule has 1 N–H and O–H groups in total. The molecule has 3 heteroatoms. The van der Waals surface area contributed by atoms with Gasteiger partial charge in [0, 0.05) is 12.0 Å². The third-order valence-corrected chi connectivity index (χ3v) is 2.07. The molecule has 0 fully saturated rings. The van der Waals surface area contributed by atoms with Gasteiger partial charge < -0.3 is 5.11 Å². The van der Waals surface area contributed by atoms with Gasteiger partial charge in [0.2, 0.25) is 0 Å². The van der Waals surface area contributed by atoms with E-state index in [1.807, 2.05) is 0 Å². The van der Waals surface area contributed by atoms with Gasteiger partial charge in [0.1, 0.15) is 0 Å². The Labute approximate surface area is 82.4 Å². The lowest BCUT2D eigenvalue weighted by molar-refractivity contribution is -0.0247. The summed E-state index contributed by atoms with van der Waals surface area (Å²) in [5.41, 5.74) is 0.0145. The van der Waals surface area contributed by atoms with Gasteiger partial charge in [0.25, 0.3) is 5.92 Å². The normalized spacial score (nSPS) is 14.0. The van der Waals surface area contributed by atoms with Crippen LogP contribution in [-0.2, 0) is 5.92 Å². The van der Waals surface area contributed by atoms with Crippen molar-refractivity contribution in [3.63, 3.8) is 0 Å². The quantitative estimate of drug-likeness (QED) is 0.792. The van der Waals surface area contributed by atoms with Gasteiger partial charge in [-0.1, -0.05) is 30.3 Å². The van der Waals surface area contributed by atoms with Crippen LogP contribution < -0.4 is 0 Å². The van der Waals surface area contributed by atoms with E-state index in [-0.39, 0.29) is 18.4 Å². The zero-order valence-electron chi connectivity index (χ0n) is 8.08. The van der Waals surface area contributed by atoms with E-state index in [9.17, 15) is 8.78 Å². The molecule has 1 rings (SSSR count). The van der Waals surface area contributed by atoms with Crippen LogP contribution in [0.25, 0.3) is 0 Å². The summed E-state index contributed by atoms with van der Waals surface area (Å²) in [6.07, 6.45) is -0.874. The Morgan fingerprint density at radius 1 is 1.29 bits per heavy atom. The molecule has 0 saturated heterocycles. The molecule has 1 aromatic rings. The minimum atomic E-state index is -2.84. The van der Waals surface area contributed by atoms with Crippen molar-refractivity contribution in [3.8, 4) is 0 Å². The number of alkyl halides is 2. The van der Waals surface area contributed by atoms with E-state index >= 15 is 0 Å². The second kappa shape index (κ2) is 4.51. The highest BCUT2D eigenvalue weighted by Crippen LogP contribution is 2.32. The van der Waals surface area contributed by atoms with Crippen LogP contribution in [0, 0.1) is 0 Å². The Morgan fingerprint density at radius 3 is 2.36 bits per heavy atom. The SMILES string of the molecule is C[C@@H](O)CCC(F)(F)c1ccccc1. The Morgan fingerprint density at radius 2 is 1.86 bits per heavy atom. The first-order valence-electron chi connectivity index (χ1n) is 4.64. The molecule has 1 nitrogen and oxygen atoms in total. The molecule has 0 bridgehead atoms. The Kier molecular flexibility index (Phi) is 3.58. The highest BCUT2D eigenvalue weighted by molar-refractivity contribution is 5.19. The topological polar surface area (TPSA) is 20.2 Å². The average molecular weight is 200 g/mol. The third-order valence-electron chi connectivity index (χ3n) is 2.07. The van der Waals surface area contributed by atoms with Crippen LogP contribution in [0.1, 0.15) is 25.3 Å². The first-order chi connectivity index (χ1) is 6.52. The maximum absolute atomic E-state index is 13.4. The van der Waals surface area contributed by atoms with Crippen LogP contribution in [0.3, 0.4) is 0 Å². The van der Waals surface area contributed by atoms with E-state index < -0.39 is 12.0 Å². The molecule has 0 radical (unpaired) electrons. The minimum absolute atomic E-state index is 0.0145. The fourth-order valence-corrected chi connectivity index (χ4v) is 1.22. The van der Waals surface area contributed by atoms with E-state index in [1.54, 1.807) is 18.2 Å². The lowest BCUT2D eigenvalue weighted by atomic mass is 10.0. The minimum Gasteiger partial charge on any atom is -0.393 e. The van der Waals surface area contributed by atoms with Gasteiger partial charge in [-0.2, -0.15) is 0 Å². The highest BCUT2D eigenvalue weighted by atomic mass is 19.3. The molecule has 0 aliphatic carbocycles. The number of aliphatic hydroxyl groups is 1. The fourth-order valence-electron chi connectivity index (χ4n) is 1.22. The molecular weight excluding hydrogens is 186 g/mol. The predicted octanol–water partition coefficient (Wildman–Crippen LogP) is 2.94. The van der Waals surface area contributed by atoms with E-state index in [0.29, 0.717) is 0 Å². The van der Waals surface area contributed by atoms with Gasteiger partial charge in [-0.05, 0) is 13.3 Å². The predicted molar refractivity (Wildman–Crippen MR) is 51.3 cm³/mol. The molecule has 0 spiro atoms. The molecule has 1 atom stereocenters. The molecule has 78 valence electrons. The smallest absolute Gasteiger partial charge is 0.273 e. The van der Waals surface area contributed by atoms with Crippen LogP contribution in [0.15, 0.2) is 30.3 Å². The van der Waals surface area contributed by atoms with Crippen molar-refractivity contribution in [2.45, 2.75) is 31.8 Å². The summed E-state index contributed by atoms with van der Waals surface area (Å²) in [5, 5.41) is 8.93. The van der Waals surface area contributed by atoms with Crippen LogP contribution in [0.5, 0.6) is 0 Å². The zero-order valence-corrected chi connectivity index (χ0v) is 8.08. The summed E-state index contributed by atoms with van der Waals surface area (Å²) in [7, 11) is 0. The highest BCUT2D eigenvalue weighted by Gasteiger charge is 2.30. The summed E-state index contributed by atoms with van der Waals surface area (Å²) in [4.78, 5) is 0. The van der Waals surface area contributed by atoms with Crippen LogP contribution >= 0.6 is 0 Å². The number of benzene rings is 1. The van der Waals surface area contributed by atoms with Crippen molar-refractivity contribution in [1.29, 1.82) is 0 Å². The summed E-state index contributed by atoms with van der Waals surface area (Å²) >= 11 is 0. The molecule has 0 heterocycles. The number of halogens is 2. The van der Waals surface area contributed by atoms with E-state index in [1.165, 1.54) is 19.1 Å². The van der Waals surface area contributed by atoms with Gasteiger partial charge in [-0.3, -0.25) is 0 Å². The van der Waals surface area contributed by atoms with Gasteiger partial charge in [-0.15, -0.1) is 0 Å². The monoisotopic (exact) mass is 200 g/mol. The summed E-state index contributed by atoms with van der Waals surface area (Å²) in [6.45, 7) is 1.51. The van der Waals surface area contributed by atoms with Crippen molar-refractivity contribution in [1.82, 2.24) is 0 Å². The maximum Gasteiger partial charge on any atom is 0.273 e. The molecule has 0 aliphatic heterocycles. The Balaban J connectivity index is 2.66. The van der Waals surface area contributed by atoms with Gasteiger partial charge >= 0.3 is 0 Å². The molecule has 1 aromatic carbocycles. The fraction of sp³-hybridized carbons (Fsp3) is 0.455. The van der Waals surface area contributed by atoms with Crippen LogP contribution in [-0.4, -0.2) is 11.2 Å². The van der Waals surface area contributed by atoms with Crippen molar-refractivity contribution < 1.29 is 13.9 Å². The number of hydrogen-bond acceptors (Lipinski definition) is 1. The summed E-state index contributed by atoms with van der Waals surface area (Å²) < 4.78 is 26.8. The lowest BCUT2D eigenvalue weighted by Crippen LogP contribution is -2.15. The van der Waals surface area contributed by atoms with Crippen LogP contribution in [0.2, 0.25) is 0 Å². The lowest BCUT2D eigenvalue weighted by Gasteiger charge is -2.17. The van der Waals surface area contributed by atoms with Gasteiger partial charge in [0.05, 0.1) is 6.10 Å². The van der Waals surface area contributed by atoms with Gasteiger partial charge in [0.15, 0.2) is 0 Å². The molecule has 0 unspecified atom stereocenters. The molecule has 0 amide bonds. The van der Waals surface area contributed by atoms with Gasteiger partial charge in [-0.25, -0.2) is 8.78 Å². The van der Waals surface area contributed by atoms with Crippen molar-refractivity contribution in [2.75, 3.05) is 0 Å². The number of aliphatic hydroxyl groups excluding tert-OH is 1. The Bertz CT molecular complexity index is 270. The molecule has 0 aliphatic rings. The average Bonchev–Trinajstić information content (AvgIpc) is 2.16. The molecule has 0 saturated carbocycles. The Hall–Kier alpha value is -0.960. The maximum atomic E-state index is 13.4. The molecular formula is C11H14F2O. The second-order valence-corrected chi connectivity index (χ2v) is 3.46. The van der Waals surface area contributed by atoms with Crippen molar-refractivity contribution >= 4 is 0 Å². The first-order valence-corrected chi connectivity index (χ1v) is 4.64. The van der Waals surface area contributed by atoms with E-state index in [2.05, 4.69) is 0 Å². The largest absolute Gasteiger partial charge is 0.393 e.